The van der Waals surface area contributed by atoms with Gasteiger partial charge in [0.2, 0.25) is 5.91 Å². The first-order valence-electron chi connectivity index (χ1n) is 5.48. The standard InChI is InChI=1S/C11H19NO3S/c1-4-10(2,3)8(13)12-11(9(14)15)5-6-16-7-11/h4-7H2,1-3H3,(H,12,13)(H,14,15). The van der Waals surface area contributed by atoms with Gasteiger partial charge in [0.1, 0.15) is 5.54 Å². The Morgan fingerprint density at radius 1 is 1.50 bits per heavy atom. The average molecular weight is 245 g/mol. The van der Waals surface area contributed by atoms with Gasteiger partial charge in [-0.1, -0.05) is 20.8 Å². The van der Waals surface area contributed by atoms with Crippen LogP contribution in [0.1, 0.15) is 33.6 Å². The molecule has 1 heterocycles. The zero-order valence-corrected chi connectivity index (χ0v) is 10.8. The number of aliphatic carboxylic acids is 1. The zero-order chi connectivity index (χ0) is 12.4. The molecule has 0 aromatic heterocycles. The number of carbonyl (C=O) groups is 2. The second kappa shape index (κ2) is 4.65. The summed E-state index contributed by atoms with van der Waals surface area (Å²) in [5.41, 5.74) is -1.55. The van der Waals surface area contributed by atoms with E-state index in [0.717, 1.165) is 5.75 Å². The van der Waals surface area contributed by atoms with E-state index in [1.807, 2.05) is 20.8 Å². The summed E-state index contributed by atoms with van der Waals surface area (Å²) in [7, 11) is 0. The van der Waals surface area contributed by atoms with Gasteiger partial charge in [0.15, 0.2) is 0 Å². The van der Waals surface area contributed by atoms with Gasteiger partial charge in [0.05, 0.1) is 0 Å². The third kappa shape index (κ3) is 2.51. The number of amides is 1. The minimum atomic E-state index is -1.05. The maximum Gasteiger partial charge on any atom is 0.330 e. The number of rotatable bonds is 4. The summed E-state index contributed by atoms with van der Waals surface area (Å²) in [5.74, 6) is 0.171. The molecule has 1 saturated heterocycles. The van der Waals surface area contributed by atoms with Crippen LogP contribution in [0.4, 0.5) is 0 Å². The minimum absolute atomic E-state index is 0.167. The van der Waals surface area contributed by atoms with Crippen molar-refractivity contribution in [3.05, 3.63) is 0 Å². The van der Waals surface area contributed by atoms with E-state index in [0.29, 0.717) is 18.6 Å². The van der Waals surface area contributed by atoms with Crippen LogP contribution >= 0.6 is 11.8 Å². The van der Waals surface area contributed by atoms with Gasteiger partial charge >= 0.3 is 5.97 Å². The largest absolute Gasteiger partial charge is 0.479 e. The lowest BCUT2D eigenvalue weighted by molar-refractivity contribution is -0.148. The number of hydrogen-bond acceptors (Lipinski definition) is 3. The van der Waals surface area contributed by atoms with Crippen LogP contribution in [-0.2, 0) is 9.59 Å². The van der Waals surface area contributed by atoms with E-state index in [2.05, 4.69) is 5.32 Å². The summed E-state index contributed by atoms with van der Waals surface area (Å²) in [4.78, 5) is 23.2. The molecule has 0 radical (unpaired) electrons. The van der Waals surface area contributed by atoms with Crippen molar-refractivity contribution in [2.75, 3.05) is 11.5 Å². The number of hydrogen-bond donors (Lipinski definition) is 2. The fraction of sp³-hybridized carbons (Fsp3) is 0.818. The number of nitrogens with one attached hydrogen (secondary N) is 1. The van der Waals surface area contributed by atoms with E-state index >= 15 is 0 Å². The van der Waals surface area contributed by atoms with Crippen molar-refractivity contribution in [2.24, 2.45) is 5.41 Å². The van der Waals surface area contributed by atoms with Crippen LogP contribution in [0.25, 0.3) is 0 Å². The molecule has 1 aliphatic rings. The Labute approximate surface area is 100 Å². The molecule has 1 aliphatic heterocycles. The maximum absolute atomic E-state index is 12.0. The summed E-state index contributed by atoms with van der Waals surface area (Å²) in [6, 6.07) is 0. The Morgan fingerprint density at radius 3 is 2.50 bits per heavy atom. The predicted octanol–water partition coefficient (Wildman–Crippen LogP) is 1.50. The van der Waals surface area contributed by atoms with Gasteiger partial charge in [-0.3, -0.25) is 4.79 Å². The molecule has 1 rings (SSSR count). The van der Waals surface area contributed by atoms with E-state index in [9.17, 15) is 14.7 Å². The van der Waals surface area contributed by atoms with E-state index in [-0.39, 0.29) is 5.91 Å². The number of thioether (sulfide) groups is 1. The Bertz CT molecular complexity index is 296. The van der Waals surface area contributed by atoms with Crippen LogP contribution in [0.5, 0.6) is 0 Å². The van der Waals surface area contributed by atoms with Gasteiger partial charge in [-0.05, 0) is 18.6 Å². The third-order valence-corrected chi connectivity index (χ3v) is 4.47. The van der Waals surface area contributed by atoms with Crippen molar-refractivity contribution in [3.63, 3.8) is 0 Å². The lowest BCUT2D eigenvalue weighted by atomic mass is 9.87. The van der Waals surface area contributed by atoms with Gasteiger partial charge < -0.3 is 10.4 Å². The number of carboxylic acid groups (broad SMARTS) is 1. The van der Waals surface area contributed by atoms with E-state index in [1.165, 1.54) is 0 Å². The molecular weight excluding hydrogens is 226 g/mol. The molecule has 5 heteroatoms. The molecule has 4 nitrogen and oxygen atoms in total. The van der Waals surface area contributed by atoms with E-state index in [4.69, 9.17) is 0 Å². The first-order valence-corrected chi connectivity index (χ1v) is 6.63. The van der Waals surface area contributed by atoms with Crippen LogP contribution < -0.4 is 5.32 Å². The third-order valence-electron chi connectivity index (χ3n) is 3.28. The number of carboxylic acids is 1. The SMILES string of the molecule is CCC(C)(C)C(=O)NC1(C(=O)O)CCSC1. The zero-order valence-electron chi connectivity index (χ0n) is 10.0. The van der Waals surface area contributed by atoms with Gasteiger partial charge in [-0.25, -0.2) is 4.79 Å². The molecule has 1 amide bonds. The minimum Gasteiger partial charge on any atom is -0.479 e. The predicted molar refractivity (Wildman–Crippen MR) is 64.5 cm³/mol. The Morgan fingerprint density at radius 2 is 2.12 bits per heavy atom. The molecule has 0 aromatic rings. The monoisotopic (exact) mass is 245 g/mol. The maximum atomic E-state index is 12.0. The van der Waals surface area contributed by atoms with Crippen molar-refractivity contribution in [3.8, 4) is 0 Å². The number of carbonyl (C=O) groups excluding carboxylic acids is 1. The van der Waals surface area contributed by atoms with Gasteiger partial charge in [0, 0.05) is 11.2 Å². The van der Waals surface area contributed by atoms with Crippen LogP contribution in [0.2, 0.25) is 0 Å². The fourth-order valence-electron chi connectivity index (χ4n) is 1.43. The molecule has 16 heavy (non-hydrogen) atoms. The summed E-state index contributed by atoms with van der Waals surface area (Å²) < 4.78 is 0. The van der Waals surface area contributed by atoms with Crippen molar-refractivity contribution in [1.82, 2.24) is 5.32 Å². The summed E-state index contributed by atoms with van der Waals surface area (Å²) in [6.45, 7) is 5.59. The second-order valence-electron chi connectivity index (χ2n) is 4.88. The fourth-order valence-corrected chi connectivity index (χ4v) is 2.76. The molecule has 2 N–H and O–H groups in total. The highest BCUT2D eigenvalue weighted by molar-refractivity contribution is 7.99. The van der Waals surface area contributed by atoms with Gasteiger partial charge in [0.25, 0.3) is 0 Å². The van der Waals surface area contributed by atoms with Crippen molar-refractivity contribution >= 4 is 23.6 Å². The Balaban J connectivity index is 2.78. The van der Waals surface area contributed by atoms with E-state index < -0.39 is 16.9 Å². The molecule has 0 bridgehead atoms. The normalized spacial score (nSPS) is 25.4. The highest BCUT2D eigenvalue weighted by Gasteiger charge is 2.45. The molecule has 1 fully saturated rings. The molecule has 92 valence electrons. The molecule has 0 aromatic carbocycles. The van der Waals surface area contributed by atoms with Crippen molar-refractivity contribution < 1.29 is 14.7 Å². The van der Waals surface area contributed by atoms with E-state index in [1.54, 1.807) is 11.8 Å². The highest BCUT2D eigenvalue weighted by Crippen LogP contribution is 2.30. The van der Waals surface area contributed by atoms with Crippen LogP contribution in [0.3, 0.4) is 0 Å². The van der Waals surface area contributed by atoms with Crippen LogP contribution in [0.15, 0.2) is 0 Å². The Kier molecular flexibility index (Phi) is 3.88. The van der Waals surface area contributed by atoms with Crippen LogP contribution in [-0.4, -0.2) is 34.0 Å². The highest BCUT2D eigenvalue weighted by atomic mass is 32.2. The van der Waals surface area contributed by atoms with Gasteiger partial charge in [-0.2, -0.15) is 11.8 Å². The quantitative estimate of drug-likeness (QED) is 0.787. The smallest absolute Gasteiger partial charge is 0.330 e. The topological polar surface area (TPSA) is 66.4 Å². The van der Waals surface area contributed by atoms with Crippen molar-refractivity contribution in [2.45, 2.75) is 39.2 Å². The molecular formula is C11H19NO3S. The summed E-state index contributed by atoms with van der Waals surface area (Å²) in [6.07, 6.45) is 1.21. The molecule has 0 spiro atoms. The molecule has 0 saturated carbocycles. The first-order chi connectivity index (χ1) is 7.34. The first kappa shape index (κ1) is 13.4. The van der Waals surface area contributed by atoms with Gasteiger partial charge in [-0.15, -0.1) is 0 Å². The summed E-state index contributed by atoms with van der Waals surface area (Å²) in [5, 5.41) is 11.9. The molecule has 0 aliphatic carbocycles. The average Bonchev–Trinajstić information content (AvgIpc) is 2.67. The Hall–Kier alpha value is -0.710. The summed E-state index contributed by atoms with van der Waals surface area (Å²) >= 11 is 1.57. The van der Waals surface area contributed by atoms with Crippen molar-refractivity contribution in [1.29, 1.82) is 0 Å². The lowest BCUT2D eigenvalue weighted by Crippen LogP contribution is -2.57. The van der Waals surface area contributed by atoms with Crippen LogP contribution in [0, 0.1) is 5.41 Å². The molecule has 1 unspecified atom stereocenters. The lowest BCUT2D eigenvalue weighted by Gasteiger charge is -2.30. The second-order valence-corrected chi connectivity index (χ2v) is 5.99. The molecule has 1 atom stereocenters.